The minimum atomic E-state index is 0.983. The number of nitrogens with one attached hydrogen (secondary N) is 1. The second-order valence-electron chi connectivity index (χ2n) is 3.37. The minimum absolute atomic E-state index is 0.983. The van der Waals surface area contributed by atoms with Gasteiger partial charge in [0.1, 0.15) is 5.82 Å². The van der Waals surface area contributed by atoms with Crippen molar-refractivity contribution in [2.75, 3.05) is 11.9 Å². The van der Waals surface area contributed by atoms with Gasteiger partial charge in [0.05, 0.1) is 12.5 Å². The van der Waals surface area contributed by atoms with Crippen LogP contribution in [0.25, 0.3) is 11.1 Å². The van der Waals surface area contributed by atoms with Crippen LogP contribution in [0.2, 0.25) is 0 Å². The van der Waals surface area contributed by atoms with E-state index in [1.165, 1.54) is 11.1 Å². The Morgan fingerprint density at radius 3 is 3.21 bits per heavy atom. The Hall–Kier alpha value is -1.77. The number of nitrogens with zero attached hydrogens (tertiary/aromatic N) is 1. The van der Waals surface area contributed by atoms with Gasteiger partial charge in [0.15, 0.2) is 0 Å². The highest BCUT2D eigenvalue weighted by molar-refractivity contribution is 5.72. The minimum Gasteiger partial charge on any atom is -0.472 e. The van der Waals surface area contributed by atoms with E-state index in [1.54, 1.807) is 12.5 Å². The number of pyridine rings is 1. The quantitative estimate of drug-likeness (QED) is 0.742. The molecule has 0 bridgehead atoms. The summed E-state index contributed by atoms with van der Waals surface area (Å²) in [6, 6.07) is 4.02. The highest BCUT2D eigenvalue weighted by Gasteiger charge is 2.16. The molecule has 2 aromatic rings. The molecular weight excluding hydrogens is 176 g/mol. The molecule has 0 aliphatic carbocycles. The molecule has 3 nitrogen and oxygen atoms in total. The van der Waals surface area contributed by atoms with Gasteiger partial charge in [-0.1, -0.05) is 0 Å². The van der Waals surface area contributed by atoms with Gasteiger partial charge in [0.2, 0.25) is 0 Å². The van der Waals surface area contributed by atoms with E-state index in [1.807, 2.05) is 18.3 Å². The lowest BCUT2D eigenvalue weighted by atomic mass is 10.0. The van der Waals surface area contributed by atoms with Crippen molar-refractivity contribution in [3.8, 4) is 11.1 Å². The number of hydrogen-bond acceptors (Lipinski definition) is 3. The summed E-state index contributed by atoms with van der Waals surface area (Å²) in [6.07, 6.45) is 6.35. The van der Waals surface area contributed by atoms with Crippen LogP contribution in [-0.2, 0) is 6.42 Å². The van der Waals surface area contributed by atoms with E-state index in [4.69, 9.17) is 4.42 Å². The van der Waals surface area contributed by atoms with Gasteiger partial charge >= 0.3 is 0 Å². The first-order valence-corrected chi connectivity index (χ1v) is 4.69. The van der Waals surface area contributed by atoms with E-state index in [9.17, 15) is 0 Å². The van der Waals surface area contributed by atoms with Crippen molar-refractivity contribution < 1.29 is 4.42 Å². The predicted octanol–water partition coefficient (Wildman–Crippen LogP) is 2.31. The van der Waals surface area contributed by atoms with Crippen LogP contribution in [0.15, 0.2) is 35.3 Å². The molecule has 14 heavy (non-hydrogen) atoms. The smallest absolute Gasteiger partial charge is 0.129 e. The Labute approximate surface area is 81.8 Å². The summed E-state index contributed by atoms with van der Waals surface area (Å²) in [5, 5.41) is 3.26. The molecule has 1 aliphatic rings. The fraction of sp³-hybridized carbons (Fsp3) is 0.182. The van der Waals surface area contributed by atoms with E-state index < -0.39 is 0 Å². The first kappa shape index (κ1) is 7.62. The largest absolute Gasteiger partial charge is 0.472 e. The van der Waals surface area contributed by atoms with Crippen LogP contribution >= 0.6 is 0 Å². The number of aromatic nitrogens is 1. The SMILES string of the molecule is c1cc(-c2ccoc2)c2c(n1)NCC2. The highest BCUT2D eigenvalue weighted by Crippen LogP contribution is 2.31. The number of anilines is 1. The average Bonchev–Trinajstić information content (AvgIpc) is 2.88. The standard InChI is InChI=1S/C11H10N2O/c1-4-12-11-10(2-5-13-11)9(1)8-3-6-14-7-8/h1,3-4,6-7H,2,5H2,(H,12,13). The van der Waals surface area contributed by atoms with Gasteiger partial charge in [-0.05, 0) is 24.1 Å². The first-order chi connectivity index (χ1) is 6.95. The molecule has 0 saturated carbocycles. The molecule has 0 amide bonds. The Morgan fingerprint density at radius 2 is 2.36 bits per heavy atom. The van der Waals surface area contributed by atoms with Crippen LogP contribution in [-0.4, -0.2) is 11.5 Å². The van der Waals surface area contributed by atoms with Gasteiger partial charge in [-0.3, -0.25) is 0 Å². The van der Waals surface area contributed by atoms with E-state index in [-0.39, 0.29) is 0 Å². The summed E-state index contributed by atoms with van der Waals surface area (Å²) in [5.74, 6) is 1.02. The maximum Gasteiger partial charge on any atom is 0.129 e. The van der Waals surface area contributed by atoms with Gasteiger partial charge in [-0.2, -0.15) is 0 Å². The molecule has 0 fully saturated rings. The van der Waals surface area contributed by atoms with Crippen molar-refractivity contribution in [1.29, 1.82) is 0 Å². The molecule has 3 rings (SSSR count). The Kier molecular flexibility index (Phi) is 1.56. The summed E-state index contributed by atoms with van der Waals surface area (Å²) in [7, 11) is 0. The molecule has 0 aromatic carbocycles. The Balaban J connectivity index is 2.20. The topological polar surface area (TPSA) is 38.1 Å². The molecular formula is C11H10N2O. The summed E-state index contributed by atoms with van der Waals surface area (Å²) in [4.78, 5) is 4.29. The van der Waals surface area contributed by atoms with E-state index in [0.29, 0.717) is 0 Å². The second kappa shape index (κ2) is 2.87. The lowest BCUT2D eigenvalue weighted by Gasteiger charge is -2.03. The maximum atomic E-state index is 5.09. The third kappa shape index (κ3) is 1.02. The van der Waals surface area contributed by atoms with Crippen LogP contribution in [0.5, 0.6) is 0 Å². The van der Waals surface area contributed by atoms with Gasteiger partial charge < -0.3 is 9.73 Å². The molecule has 1 N–H and O–H groups in total. The zero-order chi connectivity index (χ0) is 9.38. The van der Waals surface area contributed by atoms with Gasteiger partial charge in [0.25, 0.3) is 0 Å². The van der Waals surface area contributed by atoms with Crippen molar-refractivity contribution >= 4 is 5.82 Å². The van der Waals surface area contributed by atoms with E-state index in [0.717, 1.165) is 24.3 Å². The lowest BCUT2D eigenvalue weighted by molar-refractivity contribution is 0.568. The summed E-state index contributed by atoms with van der Waals surface area (Å²) in [6.45, 7) is 0.983. The molecule has 0 spiro atoms. The Bertz CT molecular complexity index is 448. The van der Waals surface area contributed by atoms with Crippen molar-refractivity contribution in [2.24, 2.45) is 0 Å². The van der Waals surface area contributed by atoms with E-state index >= 15 is 0 Å². The molecule has 0 radical (unpaired) electrons. The number of fused-ring (bicyclic) bond motifs is 1. The molecule has 0 unspecified atom stereocenters. The highest BCUT2D eigenvalue weighted by atomic mass is 16.3. The lowest BCUT2D eigenvalue weighted by Crippen LogP contribution is -1.92. The van der Waals surface area contributed by atoms with Gasteiger partial charge in [-0.15, -0.1) is 0 Å². The number of hydrogen-bond donors (Lipinski definition) is 1. The average molecular weight is 186 g/mol. The van der Waals surface area contributed by atoms with Crippen molar-refractivity contribution in [1.82, 2.24) is 4.98 Å². The van der Waals surface area contributed by atoms with E-state index in [2.05, 4.69) is 10.3 Å². The fourth-order valence-corrected chi connectivity index (χ4v) is 1.89. The maximum absolute atomic E-state index is 5.09. The molecule has 3 heterocycles. The molecule has 70 valence electrons. The number of rotatable bonds is 1. The van der Waals surface area contributed by atoms with Gasteiger partial charge in [0, 0.05) is 23.9 Å². The van der Waals surface area contributed by atoms with Crippen LogP contribution in [0.4, 0.5) is 5.82 Å². The molecule has 1 aliphatic heterocycles. The van der Waals surface area contributed by atoms with Crippen LogP contribution in [0, 0.1) is 0 Å². The summed E-state index contributed by atoms with van der Waals surface area (Å²) < 4.78 is 5.09. The van der Waals surface area contributed by atoms with Crippen molar-refractivity contribution in [3.05, 3.63) is 36.4 Å². The third-order valence-corrected chi connectivity index (χ3v) is 2.56. The molecule has 2 aromatic heterocycles. The fourth-order valence-electron chi connectivity index (χ4n) is 1.89. The number of furan rings is 1. The van der Waals surface area contributed by atoms with Crippen LogP contribution < -0.4 is 5.32 Å². The third-order valence-electron chi connectivity index (χ3n) is 2.56. The summed E-state index contributed by atoms with van der Waals surface area (Å²) in [5.41, 5.74) is 3.66. The first-order valence-electron chi connectivity index (χ1n) is 4.69. The monoisotopic (exact) mass is 186 g/mol. The predicted molar refractivity (Wildman–Crippen MR) is 54.1 cm³/mol. The molecule has 0 saturated heterocycles. The van der Waals surface area contributed by atoms with Crippen molar-refractivity contribution in [3.63, 3.8) is 0 Å². The molecule has 0 atom stereocenters. The second-order valence-corrected chi connectivity index (χ2v) is 3.37. The van der Waals surface area contributed by atoms with Gasteiger partial charge in [-0.25, -0.2) is 4.98 Å². The van der Waals surface area contributed by atoms with Crippen molar-refractivity contribution in [2.45, 2.75) is 6.42 Å². The normalized spacial score (nSPS) is 13.7. The van der Waals surface area contributed by atoms with Crippen LogP contribution in [0.3, 0.4) is 0 Å². The Morgan fingerprint density at radius 1 is 1.36 bits per heavy atom. The zero-order valence-corrected chi connectivity index (χ0v) is 7.66. The molecule has 3 heteroatoms. The van der Waals surface area contributed by atoms with Crippen LogP contribution in [0.1, 0.15) is 5.56 Å². The zero-order valence-electron chi connectivity index (χ0n) is 7.66. The summed E-state index contributed by atoms with van der Waals surface area (Å²) >= 11 is 0.